The first-order valence-corrected chi connectivity index (χ1v) is 7.10. The second kappa shape index (κ2) is 5.04. The van der Waals surface area contributed by atoms with Crippen molar-refractivity contribution in [2.45, 2.75) is 37.9 Å². The predicted molar refractivity (Wildman–Crippen MR) is 75.6 cm³/mol. The van der Waals surface area contributed by atoms with Crippen LogP contribution in [0.25, 0.3) is 0 Å². The third-order valence-electron chi connectivity index (χ3n) is 4.01. The average Bonchev–Trinajstić information content (AvgIpc) is 2.89. The van der Waals surface area contributed by atoms with Crippen LogP contribution in [0.2, 0.25) is 0 Å². The summed E-state index contributed by atoms with van der Waals surface area (Å²) < 4.78 is 0. The number of fused-ring (bicyclic) bond motifs is 1. The van der Waals surface area contributed by atoms with Gasteiger partial charge < -0.3 is 15.5 Å². The molecular formula is C14H17N5O3. The number of hydrogen-bond donors (Lipinski definition) is 2. The van der Waals surface area contributed by atoms with Gasteiger partial charge in [-0.05, 0) is 20.3 Å². The van der Waals surface area contributed by atoms with Gasteiger partial charge in [0.15, 0.2) is 0 Å². The van der Waals surface area contributed by atoms with Crippen LogP contribution >= 0.6 is 0 Å². The second-order valence-electron chi connectivity index (χ2n) is 6.02. The number of piperazine rings is 1. The van der Waals surface area contributed by atoms with Crippen LogP contribution in [0.5, 0.6) is 0 Å². The van der Waals surface area contributed by atoms with E-state index in [0.717, 1.165) is 0 Å². The number of carbonyl (C=O) groups excluding carboxylic acids is 3. The zero-order chi connectivity index (χ0) is 15.9. The summed E-state index contributed by atoms with van der Waals surface area (Å²) in [4.78, 5) is 46.1. The summed E-state index contributed by atoms with van der Waals surface area (Å²) in [5.41, 5.74) is -0.721. The Morgan fingerprint density at radius 3 is 2.86 bits per heavy atom. The first-order valence-electron chi connectivity index (χ1n) is 7.10. The maximum atomic E-state index is 12.4. The molecule has 8 heteroatoms. The molecule has 2 atom stereocenters. The van der Waals surface area contributed by atoms with E-state index in [1.165, 1.54) is 18.6 Å². The minimum absolute atomic E-state index is 0.131. The number of hydrogen-bond acceptors (Lipinski definition) is 5. The molecule has 3 heterocycles. The number of rotatable bonds is 2. The number of nitrogens with one attached hydrogen (secondary N) is 2. The molecule has 0 aromatic carbocycles. The van der Waals surface area contributed by atoms with Gasteiger partial charge in [0.05, 0.1) is 12.2 Å². The molecular weight excluding hydrogens is 286 g/mol. The lowest BCUT2D eigenvalue weighted by atomic mass is 9.96. The van der Waals surface area contributed by atoms with Gasteiger partial charge in [-0.1, -0.05) is 0 Å². The van der Waals surface area contributed by atoms with Crippen molar-refractivity contribution in [2.24, 2.45) is 0 Å². The van der Waals surface area contributed by atoms with Crippen LogP contribution in [0.3, 0.4) is 0 Å². The molecule has 0 aliphatic carbocycles. The molecule has 116 valence electrons. The largest absolute Gasteiger partial charge is 0.345 e. The van der Waals surface area contributed by atoms with Gasteiger partial charge in [-0.25, -0.2) is 4.98 Å². The Morgan fingerprint density at radius 1 is 1.41 bits per heavy atom. The van der Waals surface area contributed by atoms with Crippen molar-refractivity contribution in [3.8, 4) is 0 Å². The van der Waals surface area contributed by atoms with Gasteiger partial charge >= 0.3 is 0 Å². The Labute approximate surface area is 127 Å². The fourth-order valence-electron chi connectivity index (χ4n) is 2.95. The lowest BCUT2D eigenvalue weighted by Crippen LogP contribution is -2.69. The Balaban J connectivity index is 1.76. The molecule has 3 rings (SSSR count). The summed E-state index contributed by atoms with van der Waals surface area (Å²) in [6, 6.07) is -1.09. The molecule has 2 aliphatic rings. The smallest absolute Gasteiger partial charge is 0.271 e. The van der Waals surface area contributed by atoms with E-state index in [1.807, 2.05) is 0 Å². The predicted octanol–water partition coefficient (Wildman–Crippen LogP) is -0.916. The van der Waals surface area contributed by atoms with Crippen LogP contribution in [-0.2, 0) is 9.59 Å². The van der Waals surface area contributed by atoms with Crippen molar-refractivity contribution in [1.29, 1.82) is 0 Å². The molecule has 0 bridgehead atoms. The standard InChI is InChI=1S/C14H17N5O3/c1-14(2)13(22)19-6-3-8(10(19)12(21)18-14)17-11(20)9-7-15-4-5-16-9/h4-5,7-8,10H,3,6H2,1-2H3,(H,17,20)(H,18,21)/t8-,10-/m0/s1. The van der Waals surface area contributed by atoms with Crippen molar-refractivity contribution >= 4 is 17.7 Å². The van der Waals surface area contributed by atoms with Crippen molar-refractivity contribution in [2.75, 3.05) is 6.54 Å². The molecule has 0 unspecified atom stereocenters. The van der Waals surface area contributed by atoms with Gasteiger partial charge in [0.25, 0.3) is 5.91 Å². The van der Waals surface area contributed by atoms with Crippen LogP contribution < -0.4 is 10.6 Å². The molecule has 1 aromatic heterocycles. The van der Waals surface area contributed by atoms with Crippen LogP contribution in [0.4, 0.5) is 0 Å². The minimum Gasteiger partial charge on any atom is -0.345 e. The first-order chi connectivity index (χ1) is 10.4. The number of aromatic nitrogens is 2. The van der Waals surface area contributed by atoms with E-state index < -0.39 is 23.5 Å². The molecule has 22 heavy (non-hydrogen) atoms. The maximum absolute atomic E-state index is 12.4. The number of nitrogens with zero attached hydrogens (tertiary/aromatic N) is 3. The van der Waals surface area contributed by atoms with Gasteiger partial charge in [0, 0.05) is 18.9 Å². The molecule has 2 aliphatic heterocycles. The summed E-state index contributed by atoms with van der Waals surface area (Å²) in [7, 11) is 0. The SMILES string of the molecule is CC1(C)NC(=O)[C@@H]2[C@@H](NC(=O)c3cnccn3)CCN2C1=O. The molecule has 0 spiro atoms. The average molecular weight is 303 g/mol. The summed E-state index contributed by atoms with van der Waals surface area (Å²) >= 11 is 0. The van der Waals surface area contributed by atoms with E-state index in [4.69, 9.17) is 0 Å². The summed E-state index contributed by atoms with van der Waals surface area (Å²) in [6.45, 7) is 3.80. The van der Waals surface area contributed by atoms with E-state index in [9.17, 15) is 14.4 Å². The lowest BCUT2D eigenvalue weighted by molar-refractivity contribution is -0.151. The first kappa shape index (κ1) is 14.4. The van der Waals surface area contributed by atoms with E-state index in [-0.39, 0.29) is 17.5 Å². The molecule has 1 aromatic rings. The van der Waals surface area contributed by atoms with Crippen molar-refractivity contribution in [3.05, 3.63) is 24.3 Å². The third-order valence-corrected chi connectivity index (χ3v) is 4.01. The Bertz CT molecular complexity index is 631. The number of amides is 3. The van der Waals surface area contributed by atoms with Crippen LogP contribution in [0.1, 0.15) is 30.8 Å². The Kier molecular flexibility index (Phi) is 3.31. The zero-order valence-electron chi connectivity index (χ0n) is 12.4. The number of carbonyl (C=O) groups is 3. The van der Waals surface area contributed by atoms with E-state index in [1.54, 1.807) is 18.7 Å². The topological polar surface area (TPSA) is 104 Å². The van der Waals surface area contributed by atoms with Gasteiger partial charge in [0.1, 0.15) is 17.3 Å². The normalized spacial score (nSPS) is 26.4. The molecule has 2 saturated heterocycles. The fraction of sp³-hybridized carbons (Fsp3) is 0.500. The highest BCUT2D eigenvalue weighted by Gasteiger charge is 2.51. The Morgan fingerprint density at radius 2 is 2.18 bits per heavy atom. The van der Waals surface area contributed by atoms with E-state index in [2.05, 4.69) is 20.6 Å². The molecule has 0 radical (unpaired) electrons. The minimum atomic E-state index is -0.905. The molecule has 2 fully saturated rings. The van der Waals surface area contributed by atoms with Gasteiger partial charge in [-0.3, -0.25) is 19.4 Å². The maximum Gasteiger partial charge on any atom is 0.271 e. The van der Waals surface area contributed by atoms with Crippen LogP contribution in [0, 0.1) is 0 Å². The van der Waals surface area contributed by atoms with Gasteiger partial charge in [-0.2, -0.15) is 0 Å². The molecule has 8 nitrogen and oxygen atoms in total. The zero-order valence-corrected chi connectivity index (χ0v) is 12.4. The molecule has 2 N–H and O–H groups in total. The lowest BCUT2D eigenvalue weighted by Gasteiger charge is -2.40. The van der Waals surface area contributed by atoms with Crippen molar-refractivity contribution < 1.29 is 14.4 Å². The third kappa shape index (κ3) is 2.30. The van der Waals surface area contributed by atoms with Gasteiger partial charge in [0.2, 0.25) is 11.8 Å². The highest BCUT2D eigenvalue weighted by atomic mass is 16.2. The van der Waals surface area contributed by atoms with E-state index in [0.29, 0.717) is 13.0 Å². The quantitative estimate of drug-likeness (QED) is 0.735. The fourth-order valence-corrected chi connectivity index (χ4v) is 2.95. The highest BCUT2D eigenvalue weighted by molar-refractivity contribution is 6.01. The Hall–Kier alpha value is -2.51. The summed E-state index contributed by atoms with van der Waals surface area (Å²) in [5.74, 6) is -0.773. The molecule has 0 saturated carbocycles. The molecule has 3 amide bonds. The summed E-state index contributed by atoms with van der Waals surface area (Å²) in [5, 5.41) is 5.49. The van der Waals surface area contributed by atoms with Gasteiger partial charge in [-0.15, -0.1) is 0 Å². The monoisotopic (exact) mass is 303 g/mol. The van der Waals surface area contributed by atoms with Crippen LogP contribution in [-0.4, -0.2) is 56.8 Å². The van der Waals surface area contributed by atoms with Crippen molar-refractivity contribution in [1.82, 2.24) is 25.5 Å². The van der Waals surface area contributed by atoms with Crippen molar-refractivity contribution in [3.63, 3.8) is 0 Å². The van der Waals surface area contributed by atoms with Crippen LogP contribution in [0.15, 0.2) is 18.6 Å². The van der Waals surface area contributed by atoms with E-state index >= 15 is 0 Å². The second-order valence-corrected chi connectivity index (χ2v) is 6.02. The highest BCUT2D eigenvalue weighted by Crippen LogP contribution is 2.26. The summed E-state index contributed by atoms with van der Waals surface area (Å²) in [6.07, 6.45) is 4.79.